The topological polar surface area (TPSA) is 6.48 Å². The molecule has 1 rings (SSSR count). The van der Waals surface area contributed by atoms with Crippen LogP contribution in [-0.4, -0.2) is 29.1 Å². The third kappa shape index (κ3) is 10.5. The van der Waals surface area contributed by atoms with Crippen LogP contribution in [0.25, 0.3) is 0 Å². The Bertz CT molecular complexity index is 326. The number of rotatable bonds is 18. The molecule has 0 fully saturated rings. The van der Waals surface area contributed by atoms with Gasteiger partial charge in [-0.3, -0.25) is 0 Å². The molecule has 0 aromatic rings. The van der Waals surface area contributed by atoms with Gasteiger partial charge in [-0.05, 0) is 25.7 Å². The van der Waals surface area contributed by atoms with Crippen molar-refractivity contribution in [2.75, 3.05) is 13.1 Å². The number of nitrogens with zero attached hydrogens (tertiary/aromatic N) is 2. The molecule has 1 aliphatic heterocycles. The Labute approximate surface area is 165 Å². The van der Waals surface area contributed by atoms with Crippen molar-refractivity contribution in [1.82, 2.24) is 9.80 Å². The van der Waals surface area contributed by atoms with Gasteiger partial charge in [0.1, 0.15) is 6.17 Å². The van der Waals surface area contributed by atoms with Gasteiger partial charge in [0.05, 0.1) is 0 Å². The molecule has 1 heterocycles. The molecule has 0 aliphatic carbocycles. The van der Waals surface area contributed by atoms with E-state index in [-0.39, 0.29) is 0 Å². The third-order valence-electron chi connectivity index (χ3n) is 5.82. The van der Waals surface area contributed by atoms with Crippen LogP contribution in [0.4, 0.5) is 0 Å². The van der Waals surface area contributed by atoms with Crippen LogP contribution in [-0.2, 0) is 0 Å². The molecule has 0 saturated heterocycles. The molecular weight excluding hydrogens is 316 g/mol. The van der Waals surface area contributed by atoms with Gasteiger partial charge in [-0.1, -0.05) is 97.8 Å². The molecule has 0 aromatic heterocycles. The first-order chi connectivity index (χ1) is 12.8. The van der Waals surface area contributed by atoms with Gasteiger partial charge in [0.25, 0.3) is 0 Å². The minimum atomic E-state index is 0.646. The fourth-order valence-electron chi connectivity index (χ4n) is 4.04. The van der Waals surface area contributed by atoms with Crippen molar-refractivity contribution >= 4 is 0 Å². The van der Waals surface area contributed by atoms with Crippen molar-refractivity contribution in [2.24, 2.45) is 0 Å². The van der Waals surface area contributed by atoms with E-state index in [1.807, 2.05) is 0 Å². The number of hydrogen-bond acceptors (Lipinski definition) is 2. The zero-order chi connectivity index (χ0) is 18.9. The van der Waals surface area contributed by atoms with Gasteiger partial charge in [-0.2, -0.15) is 0 Å². The van der Waals surface area contributed by atoms with Crippen LogP contribution in [0, 0.1) is 0 Å². The maximum Gasteiger partial charge on any atom is 0.101 e. The first-order valence-electron chi connectivity index (χ1n) is 12.0. The van der Waals surface area contributed by atoms with E-state index in [4.69, 9.17) is 0 Å². The van der Waals surface area contributed by atoms with E-state index in [0.717, 1.165) is 0 Å². The molecule has 26 heavy (non-hydrogen) atoms. The summed E-state index contributed by atoms with van der Waals surface area (Å²) in [6.07, 6.45) is 27.7. The molecule has 0 spiro atoms. The SMILES string of the molecule is CCCCCCCCCCCCC1N(CCCC)C=CN1CCCCC. The molecule has 1 atom stereocenters. The van der Waals surface area contributed by atoms with Gasteiger partial charge in [-0.25, -0.2) is 0 Å². The van der Waals surface area contributed by atoms with Gasteiger partial charge in [-0.15, -0.1) is 0 Å². The van der Waals surface area contributed by atoms with Gasteiger partial charge < -0.3 is 9.80 Å². The van der Waals surface area contributed by atoms with Gasteiger partial charge in [0, 0.05) is 25.5 Å². The van der Waals surface area contributed by atoms with Crippen molar-refractivity contribution in [3.8, 4) is 0 Å². The molecule has 2 nitrogen and oxygen atoms in total. The van der Waals surface area contributed by atoms with Crippen molar-refractivity contribution in [2.45, 2.75) is 130 Å². The highest BCUT2D eigenvalue weighted by molar-refractivity contribution is 4.96. The summed E-state index contributed by atoms with van der Waals surface area (Å²) in [6, 6.07) is 0. The van der Waals surface area contributed by atoms with Crippen LogP contribution in [0.15, 0.2) is 12.4 Å². The number of hydrogen-bond donors (Lipinski definition) is 0. The summed E-state index contributed by atoms with van der Waals surface area (Å²) in [5.74, 6) is 0. The second-order valence-electron chi connectivity index (χ2n) is 8.29. The lowest BCUT2D eigenvalue weighted by Crippen LogP contribution is -2.39. The van der Waals surface area contributed by atoms with E-state index in [1.165, 1.54) is 116 Å². The molecule has 154 valence electrons. The zero-order valence-electron chi connectivity index (χ0n) is 18.4. The van der Waals surface area contributed by atoms with Crippen LogP contribution >= 0.6 is 0 Å². The molecule has 0 saturated carbocycles. The third-order valence-corrected chi connectivity index (χ3v) is 5.82. The van der Waals surface area contributed by atoms with Crippen LogP contribution in [0.3, 0.4) is 0 Å². The Morgan fingerprint density at radius 3 is 1.46 bits per heavy atom. The van der Waals surface area contributed by atoms with E-state index in [1.54, 1.807) is 0 Å². The van der Waals surface area contributed by atoms with E-state index >= 15 is 0 Å². The summed E-state index contributed by atoms with van der Waals surface area (Å²) in [4.78, 5) is 5.24. The van der Waals surface area contributed by atoms with Crippen LogP contribution < -0.4 is 0 Å². The largest absolute Gasteiger partial charge is 0.356 e. The standard InChI is InChI=1S/C24H48N2/c1-4-7-10-11-12-13-14-15-16-17-19-24-25(20-9-6-3)22-23-26(24)21-18-8-5-2/h22-24H,4-21H2,1-3H3. The molecule has 1 unspecified atom stereocenters. The summed E-state index contributed by atoms with van der Waals surface area (Å²) in [5, 5.41) is 0. The molecule has 2 heteroatoms. The predicted molar refractivity (Wildman–Crippen MR) is 117 cm³/mol. The fraction of sp³-hybridized carbons (Fsp3) is 0.917. The zero-order valence-corrected chi connectivity index (χ0v) is 18.4. The Morgan fingerprint density at radius 1 is 0.500 bits per heavy atom. The molecule has 0 aromatic carbocycles. The summed E-state index contributed by atoms with van der Waals surface area (Å²) in [7, 11) is 0. The average molecular weight is 365 g/mol. The Hall–Kier alpha value is -0.660. The quantitative estimate of drug-likeness (QED) is 0.230. The average Bonchev–Trinajstić information content (AvgIpc) is 3.03. The Morgan fingerprint density at radius 2 is 0.923 bits per heavy atom. The second-order valence-corrected chi connectivity index (χ2v) is 8.29. The smallest absolute Gasteiger partial charge is 0.101 e. The van der Waals surface area contributed by atoms with E-state index in [9.17, 15) is 0 Å². The first-order valence-corrected chi connectivity index (χ1v) is 12.0. The van der Waals surface area contributed by atoms with Crippen LogP contribution in [0.5, 0.6) is 0 Å². The van der Waals surface area contributed by atoms with E-state index < -0.39 is 0 Å². The highest BCUT2D eigenvalue weighted by Crippen LogP contribution is 2.23. The lowest BCUT2D eigenvalue weighted by molar-refractivity contribution is 0.136. The predicted octanol–water partition coefficient (Wildman–Crippen LogP) is 7.70. The van der Waals surface area contributed by atoms with Crippen molar-refractivity contribution in [3.05, 3.63) is 12.4 Å². The molecule has 0 N–H and O–H groups in total. The maximum atomic E-state index is 2.62. The second kappa shape index (κ2) is 16.5. The number of unbranched alkanes of at least 4 members (excludes halogenated alkanes) is 12. The summed E-state index contributed by atoms with van der Waals surface area (Å²) in [6.45, 7) is 9.38. The normalized spacial score (nSPS) is 16.8. The molecular formula is C24H48N2. The first kappa shape index (κ1) is 23.4. The molecule has 0 radical (unpaired) electrons. The van der Waals surface area contributed by atoms with Crippen molar-refractivity contribution in [3.63, 3.8) is 0 Å². The van der Waals surface area contributed by atoms with Crippen molar-refractivity contribution in [1.29, 1.82) is 0 Å². The monoisotopic (exact) mass is 364 g/mol. The lowest BCUT2D eigenvalue weighted by Gasteiger charge is -2.33. The highest BCUT2D eigenvalue weighted by Gasteiger charge is 2.24. The molecule has 0 bridgehead atoms. The molecule has 0 amide bonds. The Balaban J connectivity index is 2.16. The highest BCUT2D eigenvalue weighted by atomic mass is 15.4. The summed E-state index contributed by atoms with van der Waals surface area (Å²) >= 11 is 0. The summed E-state index contributed by atoms with van der Waals surface area (Å²) in [5.41, 5.74) is 0. The van der Waals surface area contributed by atoms with Crippen LogP contribution in [0.1, 0.15) is 124 Å². The van der Waals surface area contributed by atoms with Crippen LogP contribution in [0.2, 0.25) is 0 Å². The Kier molecular flexibility index (Phi) is 14.8. The van der Waals surface area contributed by atoms with E-state index in [0.29, 0.717) is 6.17 Å². The maximum absolute atomic E-state index is 2.62. The van der Waals surface area contributed by atoms with Gasteiger partial charge in [0.15, 0.2) is 0 Å². The summed E-state index contributed by atoms with van der Waals surface area (Å²) < 4.78 is 0. The minimum Gasteiger partial charge on any atom is -0.356 e. The lowest BCUT2D eigenvalue weighted by atomic mass is 10.0. The molecule has 1 aliphatic rings. The van der Waals surface area contributed by atoms with E-state index in [2.05, 4.69) is 43.0 Å². The van der Waals surface area contributed by atoms with Gasteiger partial charge in [0.2, 0.25) is 0 Å². The fourth-order valence-corrected chi connectivity index (χ4v) is 4.04. The van der Waals surface area contributed by atoms with Crippen molar-refractivity contribution < 1.29 is 0 Å². The van der Waals surface area contributed by atoms with Gasteiger partial charge >= 0.3 is 0 Å². The minimum absolute atomic E-state index is 0.646.